The zero-order valence-corrected chi connectivity index (χ0v) is 11.0. The number of carbonyl (C=O) groups excluding carboxylic acids is 2. The highest BCUT2D eigenvalue weighted by Gasteiger charge is 2.36. The van der Waals surface area contributed by atoms with Gasteiger partial charge in [-0.3, -0.25) is 10.1 Å². The van der Waals surface area contributed by atoms with E-state index in [0.29, 0.717) is 6.54 Å². The highest BCUT2D eigenvalue weighted by molar-refractivity contribution is 9.10. The van der Waals surface area contributed by atoms with Gasteiger partial charge in [0.2, 0.25) is 5.91 Å². The number of carbonyl (C=O) groups is 2. The number of nitrogens with one attached hydrogen (secondary N) is 1. The van der Waals surface area contributed by atoms with Crippen LogP contribution in [0.25, 0.3) is 0 Å². The molecule has 1 aromatic carbocycles. The number of nitrogens with zero attached hydrogens (tertiary/aromatic N) is 1. The first-order chi connectivity index (χ1) is 8.09. The third-order valence-corrected chi connectivity index (χ3v) is 4.03. The first kappa shape index (κ1) is 12.1. The maximum atomic E-state index is 11.7. The molecule has 0 aliphatic carbocycles. The molecule has 0 unspecified atom stereocenters. The first-order valence-corrected chi connectivity index (χ1v) is 6.30. The maximum Gasteiger partial charge on any atom is 0.324 e. The van der Waals surface area contributed by atoms with Crippen LogP contribution in [0.3, 0.4) is 0 Å². The zero-order valence-electron chi connectivity index (χ0n) is 9.39. The topological polar surface area (TPSA) is 49.4 Å². The van der Waals surface area contributed by atoms with Gasteiger partial charge < -0.3 is 4.90 Å². The second-order valence-corrected chi connectivity index (χ2v) is 5.04. The fraction of sp³-hybridized carbons (Fsp3) is 0.333. The molecule has 4 nitrogen and oxygen atoms in total. The van der Waals surface area contributed by atoms with Crippen LogP contribution in [0, 0.1) is 0 Å². The van der Waals surface area contributed by atoms with Gasteiger partial charge in [0.05, 0.1) is 6.04 Å². The summed E-state index contributed by atoms with van der Waals surface area (Å²) in [5, 5.41) is 2.33. The van der Waals surface area contributed by atoms with Crippen molar-refractivity contribution in [3.05, 3.63) is 35.9 Å². The summed E-state index contributed by atoms with van der Waals surface area (Å²) in [4.78, 5) is 24.4. The van der Waals surface area contributed by atoms with Gasteiger partial charge in [0.25, 0.3) is 0 Å². The Morgan fingerprint density at radius 2 is 1.94 bits per heavy atom. The van der Waals surface area contributed by atoms with Crippen LogP contribution in [0.5, 0.6) is 0 Å². The molecular weight excluding hydrogens is 284 g/mol. The molecule has 17 heavy (non-hydrogen) atoms. The van der Waals surface area contributed by atoms with Crippen molar-refractivity contribution in [2.24, 2.45) is 0 Å². The van der Waals surface area contributed by atoms with E-state index in [-0.39, 0.29) is 22.8 Å². The predicted octanol–water partition coefficient (Wildman–Crippen LogP) is 1.89. The van der Waals surface area contributed by atoms with Crippen molar-refractivity contribution < 1.29 is 9.59 Å². The Morgan fingerprint density at radius 1 is 1.29 bits per heavy atom. The summed E-state index contributed by atoms with van der Waals surface area (Å²) in [7, 11) is 0. The molecule has 1 fully saturated rings. The van der Waals surface area contributed by atoms with Crippen LogP contribution in [0.15, 0.2) is 30.3 Å². The molecule has 1 heterocycles. The van der Waals surface area contributed by atoms with Crippen LogP contribution in [0.2, 0.25) is 0 Å². The van der Waals surface area contributed by atoms with E-state index in [2.05, 4.69) is 21.2 Å². The monoisotopic (exact) mass is 296 g/mol. The largest absolute Gasteiger partial charge is 0.324 e. The van der Waals surface area contributed by atoms with Crippen molar-refractivity contribution in [3.63, 3.8) is 0 Å². The van der Waals surface area contributed by atoms with Crippen molar-refractivity contribution in [3.8, 4) is 0 Å². The molecule has 0 saturated carbocycles. The summed E-state index contributed by atoms with van der Waals surface area (Å²) in [6.45, 7) is 2.36. The second kappa shape index (κ2) is 4.87. The minimum atomic E-state index is -0.357. The molecule has 1 aliphatic heterocycles. The summed E-state index contributed by atoms with van der Waals surface area (Å²) in [6, 6.07) is 9.22. The smallest absolute Gasteiger partial charge is 0.316 e. The lowest BCUT2D eigenvalue weighted by molar-refractivity contribution is -0.121. The van der Waals surface area contributed by atoms with E-state index in [4.69, 9.17) is 0 Å². The molecule has 1 N–H and O–H groups in total. The summed E-state index contributed by atoms with van der Waals surface area (Å²) >= 11 is 3.29. The predicted molar refractivity (Wildman–Crippen MR) is 67.7 cm³/mol. The van der Waals surface area contributed by atoms with Crippen LogP contribution < -0.4 is 5.32 Å². The number of benzene rings is 1. The standard InChI is InChI=1S/C12H13BrN2O2/c1-8-10(13)11(16)14-12(17)15(8)7-9-5-3-2-4-6-9/h2-6,8,10H,7H2,1H3,(H,14,16,17)/t8-,10+/m0/s1. The minimum absolute atomic E-state index is 0.156. The van der Waals surface area contributed by atoms with Crippen LogP contribution in [-0.4, -0.2) is 27.7 Å². The number of alkyl halides is 1. The van der Waals surface area contributed by atoms with Gasteiger partial charge >= 0.3 is 6.03 Å². The molecule has 1 aromatic rings. The molecule has 2 rings (SSSR count). The minimum Gasteiger partial charge on any atom is -0.316 e. The molecular formula is C12H13BrN2O2. The Bertz CT molecular complexity index is 435. The van der Waals surface area contributed by atoms with Crippen LogP contribution in [0.4, 0.5) is 4.79 Å². The molecule has 0 bridgehead atoms. The summed E-state index contributed by atoms with van der Waals surface area (Å²) < 4.78 is 0. The summed E-state index contributed by atoms with van der Waals surface area (Å²) in [5.41, 5.74) is 1.04. The van der Waals surface area contributed by atoms with E-state index in [1.165, 1.54) is 0 Å². The molecule has 1 saturated heterocycles. The highest BCUT2D eigenvalue weighted by atomic mass is 79.9. The lowest BCUT2D eigenvalue weighted by Crippen LogP contribution is -2.59. The quantitative estimate of drug-likeness (QED) is 0.848. The summed E-state index contributed by atoms with van der Waals surface area (Å²) in [5.74, 6) is -0.271. The van der Waals surface area contributed by atoms with E-state index in [0.717, 1.165) is 5.56 Å². The van der Waals surface area contributed by atoms with Gasteiger partial charge in [0.15, 0.2) is 0 Å². The van der Waals surface area contributed by atoms with Gasteiger partial charge in [0, 0.05) is 6.54 Å². The van der Waals surface area contributed by atoms with Crippen molar-refractivity contribution >= 4 is 27.9 Å². The third-order valence-electron chi connectivity index (χ3n) is 2.85. The number of hydrogen-bond donors (Lipinski definition) is 1. The van der Waals surface area contributed by atoms with Crippen molar-refractivity contribution in [1.82, 2.24) is 10.2 Å². The van der Waals surface area contributed by atoms with Gasteiger partial charge in [-0.15, -0.1) is 0 Å². The van der Waals surface area contributed by atoms with Gasteiger partial charge in [-0.1, -0.05) is 46.3 Å². The van der Waals surface area contributed by atoms with Crippen molar-refractivity contribution in [2.45, 2.75) is 24.3 Å². The number of imide groups is 1. The molecule has 3 amide bonds. The number of hydrogen-bond acceptors (Lipinski definition) is 2. The first-order valence-electron chi connectivity index (χ1n) is 5.39. The number of rotatable bonds is 2. The van der Waals surface area contributed by atoms with Crippen LogP contribution in [0.1, 0.15) is 12.5 Å². The lowest BCUT2D eigenvalue weighted by Gasteiger charge is -2.36. The number of urea groups is 1. The molecule has 90 valence electrons. The van der Waals surface area contributed by atoms with E-state index in [9.17, 15) is 9.59 Å². The van der Waals surface area contributed by atoms with Gasteiger partial charge in [-0.25, -0.2) is 4.79 Å². The average molecular weight is 297 g/mol. The Kier molecular flexibility index (Phi) is 3.47. The van der Waals surface area contributed by atoms with Gasteiger partial charge in [0.1, 0.15) is 4.83 Å². The van der Waals surface area contributed by atoms with Gasteiger partial charge in [-0.2, -0.15) is 0 Å². The molecule has 5 heteroatoms. The van der Waals surface area contributed by atoms with Crippen molar-refractivity contribution in [1.29, 1.82) is 0 Å². The molecule has 0 aromatic heterocycles. The maximum absolute atomic E-state index is 11.7. The van der Waals surface area contributed by atoms with Gasteiger partial charge in [-0.05, 0) is 12.5 Å². The number of halogens is 1. The Hall–Kier alpha value is -1.36. The SMILES string of the molecule is C[C@H]1[C@@H](Br)C(=O)NC(=O)N1Cc1ccccc1. The average Bonchev–Trinajstić information content (AvgIpc) is 2.33. The lowest BCUT2D eigenvalue weighted by atomic mass is 10.1. The van der Waals surface area contributed by atoms with Crippen LogP contribution >= 0.6 is 15.9 Å². The van der Waals surface area contributed by atoms with Crippen LogP contribution in [-0.2, 0) is 11.3 Å². The van der Waals surface area contributed by atoms with E-state index < -0.39 is 0 Å². The second-order valence-electron chi connectivity index (χ2n) is 4.05. The number of amides is 3. The molecule has 0 spiro atoms. The third kappa shape index (κ3) is 2.49. The fourth-order valence-corrected chi connectivity index (χ4v) is 2.20. The summed E-state index contributed by atoms with van der Waals surface area (Å²) in [6.07, 6.45) is 0. The Labute approximate surface area is 108 Å². The Balaban J connectivity index is 2.15. The molecule has 1 aliphatic rings. The highest BCUT2D eigenvalue weighted by Crippen LogP contribution is 2.19. The van der Waals surface area contributed by atoms with E-state index >= 15 is 0 Å². The van der Waals surface area contributed by atoms with E-state index in [1.54, 1.807) is 4.90 Å². The molecule has 0 radical (unpaired) electrons. The Morgan fingerprint density at radius 3 is 2.59 bits per heavy atom. The normalized spacial score (nSPS) is 24.7. The van der Waals surface area contributed by atoms with E-state index in [1.807, 2.05) is 37.3 Å². The fourth-order valence-electron chi connectivity index (χ4n) is 1.80. The van der Waals surface area contributed by atoms with Crippen molar-refractivity contribution in [2.75, 3.05) is 0 Å². The zero-order chi connectivity index (χ0) is 12.4. The molecule has 2 atom stereocenters.